The molecule has 0 aliphatic carbocycles. The minimum absolute atomic E-state index is 0.124. The number of rotatable bonds is 9. The van der Waals surface area contributed by atoms with Crippen LogP contribution in [0.3, 0.4) is 0 Å². The van der Waals surface area contributed by atoms with E-state index in [1.165, 1.54) is 34.9 Å². The van der Waals surface area contributed by atoms with Gasteiger partial charge in [-0.15, -0.1) is 10.2 Å². The maximum atomic E-state index is 14.1. The second-order valence-electron chi connectivity index (χ2n) is 8.58. The molecule has 4 aromatic rings. The normalized spacial score (nSPS) is 16.4. The summed E-state index contributed by atoms with van der Waals surface area (Å²) in [6, 6.07) is 17.0. The predicted octanol–water partition coefficient (Wildman–Crippen LogP) is 6.30. The highest BCUT2D eigenvalue weighted by Crippen LogP contribution is 2.44. The van der Waals surface area contributed by atoms with Gasteiger partial charge in [0, 0.05) is 11.3 Å². The number of hydrogen-bond acceptors (Lipinski definition) is 8. The smallest absolute Gasteiger partial charge is 0.301 e. The van der Waals surface area contributed by atoms with Crippen molar-refractivity contribution in [2.75, 3.05) is 11.5 Å². The Hall–Kier alpha value is -4.35. The van der Waals surface area contributed by atoms with Gasteiger partial charge in [-0.05, 0) is 53.6 Å². The average Bonchev–Trinajstić information content (AvgIpc) is 3.53. The number of aliphatic hydroxyl groups excluding tert-OH is 1. The lowest BCUT2D eigenvalue weighted by Crippen LogP contribution is -2.29. The quantitative estimate of drug-likeness (QED) is 0.0623. The number of carbonyl (C=O) groups excluding carboxylic acids is 2. The number of ketones is 1. The Morgan fingerprint density at radius 3 is 2.60 bits per heavy atom. The molecule has 0 spiro atoms. The zero-order valence-electron chi connectivity index (χ0n) is 20.8. The van der Waals surface area contributed by atoms with Gasteiger partial charge >= 0.3 is 5.91 Å². The topological polar surface area (TPSA) is 92.6 Å². The van der Waals surface area contributed by atoms with Crippen LogP contribution in [0, 0.1) is 11.6 Å². The van der Waals surface area contributed by atoms with Crippen molar-refractivity contribution in [1.29, 1.82) is 0 Å². The fourth-order valence-corrected chi connectivity index (χ4v) is 6.01. The molecule has 11 heteroatoms. The highest BCUT2D eigenvalue weighted by Gasteiger charge is 2.48. The van der Waals surface area contributed by atoms with Crippen molar-refractivity contribution in [3.63, 3.8) is 0 Å². The third-order valence-electron chi connectivity index (χ3n) is 6.01. The fraction of sp³-hybridized carbons (Fsp3) is 0.103. The van der Waals surface area contributed by atoms with Gasteiger partial charge in [-0.25, -0.2) is 8.78 Å². The molecule has 1 aliphatic heterocycles. The molecule has 0 bridgehead atoms. The molecule has 2 heterocycles. The number of anilines is 1. The van der Waals surface area contributed by atoms with Crippen LogP contribution in [0.1, 0.15) is 22.7 Å². The van der Waals surface area contributed by atoms with Crippen molar-refractivity contribution in [1.82, 2.24) is 10.2 Å². The van der Waals surface area contributed by atoms with Gasteiger partial charge in [0.2, 0.25) is 5.13 Å². The molecule has 7 nitrogen and oxygen atoms in total. The summed E-state index contributed by atoms with van der Waals surface area (Å²) in [5.74, 6) is -2.41. The number of halogens is 2. The molecule has 1 fully saturated rings. The molecule has 202 valence electrons. The number of benzene rings is 3. The molecule has 1 aromatic heterocycles. The van der Waals surface area contributed by atoms with E-state index in [4.69, 9.17) is 4.74 Å². The first-order valence-corrected chi connectivity index (χ1v) is 13.8. The number of hydrogen-bond donors (Lipinski definition) is 1. The van der Waals surface area contributed by atoms with E-state index in [1.54, 1.807) is 48.5 Å². The van der Waals surface area contributed by atoms with E-state index >= 15 is 0 Å². The molecular weight excluding hydrogens is 556 g/mol. The zero-order chi connectivity index (χ0) is 28.2. The van der Waals surface area contributed by atoms with Gasteiger partial charge in [-0.3, -0.25) is 14.5 Å². The van der Waals surface area contributed by atoms with Gasteiger partial charge in [0.25, 0.3) is 5.78 Å². The molecule has 1 saturated heterocycles. The van der Waals surface area contributed by atoms with Crippen LogP contribution in [0.15, 0.2) is 95.4 Å². The number of aliphatic hydroxyl groups is 1. The Morgan fingerprint density at radius 1 is 1.07 bits per heavy atom. The van der Waals surface area contributed by atoms with Crippen molar-refractivity contribution >= 4 is 45.7 Å². The summed E-state index contributed by atoms with van der Waals surface area (Å²) in [7, 11) is 0. The Kier molecular flexibility index (Phi) is 8.04. The summed E-state index contributed by atoms with van der Waals surface area (Å²) < 4.78 is 33.7. The molecular formula is C29H21F2N3O4S2. The maximum Gasteiger partial charge on any atom is 0.301 e. The summed E-state index contributed by atoms with van der Waals surface area (Å²) in [6.45, 7) is 3.87. The molecule has 1 atom stereocenters. The van der Waals surface area contributed by atoms with Crippen LogP contribution in [-0.2, 0) is 15.3 Å². The van der Waals surface area contributed by atoms with Crippen LogP contribution < -0.4 is 9.64 Å². The predicted molar refractivity (Wildman–Crippen MR) is 149 cm³/mol. The van der Waals surface area contributed by atoms with Crippen molar-refractivity contribution in [3.05, 3.63) is 119 Å². The van der Waals surface area contributed by atoms with E-state index in [9.17, 15) is 23.5 Å². The number of thioether (sulfide) groups is 1. The summed E-state index contributed by atoms with van der Waals surface area (Å²) in [6.07, 6.45) is 1.58. The van der Waals surface area contributed by atoms with Crippen LogP contribution in [0.4, 0.5) is 13.9 Å². The fourth-order valence-electron chi connectivity index (χ4n) is 4.15. The molecule has 1 amide bonds. The molecule has 0 saturated carbocycles. The first-order chi connectivity index (χ1) is 19.4. The molecule has 40 heavy (non-hydrogen) atoms. The van der Waals surface area contributed by atoms with Crippen LogP contribution in [0.25, 0.3) is 5.76 Å². The van der Waals surface area contributed by atoms with Crippen LogP contribution in [-0.4, -0.2) is 33.6 Å². The van der Waals surface area contributed by atoms with Crippen molar-refractivity contribution in [3.8, 4) is 5.75 Å². The number of aromatic nitrogens is 2. The molecule has 1 N–H and O–H groups in total. The van der Waals surface area contributed by atoms with E-state index in [-0.39, 0.29) is 34.4 Å². The monoisotopic (exact) mass is 577 g/mol. The first kappa shape index (κ1) is 27.2. The number of amides is 1. The lowest BCUT2D eigenvalue weighted by Gasteiger charge is -2.23. The number of nitrogens with zero attached hydrogens (tertiary/aromatic N) is 3. The molecule has 3 aromatic carbocycles. The number of ether oxygens (including phenoxy) is 1. The molecule has 1 aliphatic rings. The summed E-state index contributed by atoms with van der Waals surface area (Å²) in [4.78, 5) is 27.9. The average molecular weight is 578 g/mol. The maximum absolute atomic E-state index is 14.1. The third kappa shape index (κ3) is 5.51. The Bertz CT molecular complexity index is 1620. The highest BCUT2D eigenvalue weighted by atomic mass is 32.2. The Balaban J connectivity index is 1.56. The van der Waals surface area contributed by atoms with Crippen LogP contribution in [0.2, 0.25) is 0 Å². The van der Waals surface area contributed by atoms with Crippen LogP contribution >= 0.6 is 23.1 Å². The van der Waals surface area contributed by atoms with Gasteiger partial charge in [0.05, 0.1) is 11.6 Å². The van der Waals surface area contributed by atoms with Gasteiger partial charge < -0.3 is 9.84 Å². The number of carbonyl (C=O) groups is 2. The van der Waals surface area contributed by atoms with E-state index in [0.717, 1.165) is 23.5 Å². The van der Waals surface area contributed by atoms with Crippen LogP contribution in [0.5, 0.6) is 5.75 Å². The van der Waals surface area contributed by atoms with E-state index in [2.05, 4.69) is 16.8 Å². The van der Waals surface area contributed by atoms with E-state index < -0.39 is 29.3 Å². The minimum Gasteiger partial charge on any atom is -0.507 e. The summed E-state index contributed by atoms with van der Waals surface area (Å²) in [5, 5.41) is 19.6. The summed E-state index contributed by atoms with van der Waals surface area (Å²) in [5.41, 5.74) is 0.940. The van der Waals surface area contributed by atoms with Crippen molar-refractivity contribution in [2.24, 2.45) is 0 Å². The molecule has 0 radical (unpaired) electrons. The largest absolute Gasteiger partial charge is 0.507 e. The Morgan fingerprint density at radius 2 is 1.85 bits per heavy atom. The van der Waals surface area contributed by atoms with Gasteiger partial charge in [-0.2, -0.15) is 0 Å². The summed E-state index contributed by atoms with van der Waals surface area (Å²) >= 11 is 2.30. The Labute approximate surface area is 236 Å². The third-order valence-corrected chi connectivity index (χ3v) is 8.12. The standard InChI is InChI=1S/C29H21F2N3O4S2/c1-2-14-38-21-8-5-7-18(15-21)24-23(25(35)17-10-12-20(30)13-11-17)26(36)27(37)34(24)28-32-33-29(40-28)39-16-19-6-3-4-9-22(19)31/h2-13,15,24,35H,1,14,16H2/b25-23+. The SMILES string of the molecule is C=CCOc1cccc(C2/C(=C(\O)c3ccc(F)cc3)C(=O)C(=O)N2c2nnc(SCc3ccccc3F)s2)c1. The van der Waals surface area contributed by atoms with Gasteiger partial charge in [0.15, 0.2) is 4.34 Å². The van der Waals surface area contributed by atoms with Gasteiger partial charge in [0.1, 0.15) is 29.8 Å². The van der Waals surface area contributed by atoms with Crippen molar-refractivity contribution in [2.45, 2.75) is 16.1 Å². The van der Waals surface area contributed by atoms with E-state index in [0.29, 0.717) is 21.2 Å². The first-order valence-electron chi connectivity index (χ1n) is 12.0. The minimum atomic E-state index is -1.07. The molecule has 1 unspecified atom stereocenters. The van der Waals surface area contributed by atoms with E-state index in [1.807, 2.05) is 0 Å². The lowest BCUT2D eigenvalue weighted by atomic mass is 9.95. The zero-order valence-corrected chi connectivity index (χ0v) is 22.4. The second kappa shape index (κ2) is 11.8. The number of Topliss-reactive ketones (excluding diaryl/α,β-unsaturated/α-hetero) is 1. The lowest BCUT2D eigenvalue weighted by molar-refractivity contribution is -0.132. The second-order valence-corrected chi connectivity index (χ2v) is 10.8. The van der Waals surface area contributed by atoms with Crippen molar-refractivity contribution < 1.29 is 28.2 Å². The molecule has 5 rings (SSSR count). The van der Waals surface area contributed by atoms with Gasteiger partial charge in [-0.1, -0.05) is 66.1 Å². The highest BCUT2D eigenvalue weighted by molar-refractivity contribution is 8.00.